The number of carbonyl (C=O) groups excluding carboxylic acids is 1. The normalized spacial score (nSPS) is 15.6. The number of carbonyl (C=O) groups is 1. The van der Waals surface area contributed by atoms with Gasteiger partial charge in [0.05, 0.1) is 11.9 Å². The van der Waals surface area contributed by atoms with Gasteiger partial charge in [0.15, 0.2) is 0 Å². The number of aryl methyl sites for hydroxylation is 1. The van der Waals surface area contributed by atoms with Crippen molar-refractivity contribution in [1.29, 1.82) is 0 Å². The second-order valence-electron chi connectivity index (χ2n) is 2.89. The lowest BCUT2D eigenvalue weighted by molar-refractivity contribution is -0.112. The van der Waals surface area contributed by atoms with Gasteiger partial charge in [-0.3, -0.25) is 0 Å². The van der Waals surface area contributed by atoms with Gasteiger partial charge in [-0.15, -0.1) is 5.10 Å². The molecule has 1 aromatic rings. The lowest BCUT2D eigenvalue weighted by Crippen LogP contribution is -2.24. The third kappa shape index (κ3) is 1.50. The van der Waals surface area contributed by atoms with Crippen molar-refractivity contribution in [2.75, 3.05) is 0 Å². The number of aromatic nitrogens is 3. The summed E-state index contributed by atoms with van der Waals surface area (Å²) in [6.45, 7) is 1.56. The molecule has 0 amide bonds. The fourth-order valence-corrected chi connectivity index (χ4v) is 1.04. The average molecular weight is 169 g/mol. The van der Waals surface area contributed by atoms with Gasteiger partial charge in [0.1, 0.15) is 11.9 Å². The molecule has 0 saturated heterocycles. The van der Waals surface area contributed by atoms with Gasteiger partial charge in [-0.2, -0.15) is 0 Å². The summed E-state index contributed by atoms with van der Waals surface area (Å²) in [5, 5.41) is 17.0. The molecule has 0 saturated carbocycles. The summed E-state index contributed by atoms with van der Waals surface area (Å²) in [4.78, 5) is 10.2. The predicted octanol–water partition coefficient (Wildman–Crippen LogP) is -0.388. The highest BCUT2D eigenvalue weighted by Gasteiger charge is 2.26. The molecule has 0 spiro atoms. The van der Waals surface area contributed by atoms with E-state index in [0.717, 1.165) is 0 Å². The van der Waals surface area contributed by atoms with E-state index in [4.69, 9.17) is 0 Å². The van der Waals surface area contributed by atoms with Crippen LogP contribution in [0.3, 0.4) is 0 Å². The molecule has 66 valence electrons. The van der Waals surface area contributed by atoms with Crippen LogP contribution in [0, 0.1) is 0 Å². The van der Waals surface area contributed by atoms with Gasteiger partial charge in [0, 0.05) is 13.5 Å². The molecule has 0 radical (unpaired) electrons. The fraction of sp³-hybridized carbons (Fsp3) is 0.571. The Bertz CT molecular complexity index is 280. The highest BCUT2D eigenvalue weighted by molar-refractivity contribution is 5.51. The number of aliphatic hydroxyl groups is 1. The monoisotopic (exact) mass is 169 g/mol. The van der Waals surface area contributed by atoms with Crippen LogP contribution in [0.15, 0.2) is 6.20 Å². The van der Waals surface area contributed by atoms with Crippen LogP contribution >= 0.6 is 0 Å². The molecule has 0 aliphatic heterocycles. The molecule has 1 heterocycles. The Labute approximate surface area is 70.0 Å². The second kappa shape index (κ2) is 3.02. The molecule has 5 nitrogen and oxygen atoms in total. The zero-order valence-electron chi connectivity index (χ0n) is 7.06. The van der Waals surface area contributed by atoms with Crippen LogP contribution in [0.1, 0.15) is 19.0 Å². The maximum atomic E-state index is 10.2. The van der Waals surface area contributed by atoms with Crippen LogP contribution in [0.25, 0.3) is 0 Å². The zero-order chi connectivity index (χ0) is 9.19. The first kappa shape index (κ1) is 8.86. The summed E-state index contributed by atoms with van der Waals surface area (Å²) in [6.07, 6.45) is 2.17. The van der Waals surface area contributed by atoms with Crippen molar-refractivity contribution in [3.8, 4) is 0 Å². The van der Waals surface area contributed by atoms with Crippen molar-refractivity contribution in [3.63, 3.8) is 0 Å². The van der Waals surface area contributed by atoms with Crippen LogP contribution in [0.2, 0.25) is 0 Å². The van der Waals surface area contributed by atoms with Crippen molar-refractivity contribution in [3.05, 3.63) is 11.9 Å². The van der Waals surface area contributed by atoms with Crippen molar-refractivity contribution in [1.82, 2.24) is 15.0 Å². The first-order chi connectivity index (χ1) is 5.58. The summed E-state index contributed by atoms with van der Waals surface area (Å²) in [7, 11) is 1.67. The predicted molar refractivity (Wildman–Crippen MR) is 41.3 cm³/mol. The minimum Gasteiger partial charge on any atom is -0.383 e. The van der Waals surface area contributed by atoms with Crippen LogP contribution < -0.4 is 0 Å². The molecular weight excluding hydrogens is 158 g/mol. The fourth-order valence-electron chi connectivity index (χ4n) is 1.04. The van der Waals surface area contributed by atoms with E-state index in [1.165, 1.54) is 10.9 Å². The minimum atomic E-state index is -1.17. The molecule has 1 unspecified atom stereocenters. The molecule has 0 fully saturated rings. The smallest absolute Gasteiger partial charge is 0.123 e. The minimum absolute atomic E-state index is 0.0498. The van der Waals surface area contributed by atoms with Gasteiger partial charge < -0.3 is 9.90 Å². The Kier molecular flexibility index (Phi) is 2.23. The number of hydrogen-bond acceptors (Lipinski definition) is 4. The molecule has 0 aliphatic carbocycles. The first-order valence-electron chi connectivity index (χ1n) is 3.59. The molecular formula is C7H11N3O2. The third-order valence-electron chi connectivity index (χ3n) is 1.75. The molecule has 1 N–H and O–H groups in total. The maximum Gasteiger partial charge on any atom is 0.123 e. The summed E-state index contributed by atoms with van der Waals surface area (Å²) in [5.41, 5.74) is -0.630. The van der Waals surface area contributed by atoms with Crippen molar-refractivity contribution >= 4 is 6.29 Å². The van der Waals surface area contributed by atoms with E-state index < -0.39 is 5.60 Å². The Morgan fingerprint density at radius 1 is 1.83 bits per heavy atom. The number of nitrogens with zero attached hydrogens (tertiary/aromatic N) is 3. The molecule has 0 aromatic carbocycles. The van der Waals surface area contributed by atoms with E-state index in [2.05, 4.69) is 10.3 Å². The van der Waals surface area contributed by atoms with Crippen LogP contribution in [0.4, 0.5) is 0 Å². The largest absolute Gasteiger partial charge is 0.383 e. The Morgan fingerprint density at radius 2 is 2.50 bits per heavy atom. The van der Waals surface area contributed by atoms with Crippen LogP contribution in [-0.4, -0.2) is 26.4 Å². The maximum absolute atomic E-state index is 10.2. The molecule has 0 bridgehead atoms. The quantitative estimate of drug-likeness (QED) is 0.626. The lowest BCUT2D eigenvalue weighted by Gasteiger charge is -2.19. The second-order valence-corrected chi connectivity index (χ2v) is 2.89. The Hall–Kier alpha value is -1.23. The standard InChI is InChI=1S/C7H11N3O2/c1-7(12,3-4-11)6-5-8-9-10(6)2/h4-5,12H,3H2,1-2H3. The zero-order valence-corrected chi connectivity index (χ0v) is 7.06. The number of hydrogen-bond donors (Lipinski definition) is 1. The summed E-state index contributed by atoms with van der Waals surface area (Å²) >= 11 is 0. The SMILES string of the molecule is Cn1nncc1C(C)(O)CC=O. The third-order valence-corrected chi connectivity index (χ3v) is 1.75. The van der Waals surface area contributed by atoms with E-state index in [1.54, 1.807) is 14.0 Å². The van der Waals surface area contributed by atoms with Crippen molar-refractivity contribution < 1.29 is 9.90 Å². The van der Waals surface area contributed by atoms with Crippen LogP contribution in [-0.2, 0) is 17.4 Å². The molecule has 5 heteroatoms. The van der Waals surface area contributed by atoms with Gasteiger partial charge in [0.2, 0.25) is 0 Å². The van der Waals surface area contributed by atoms with E-state index in [0.29, 0.717) is 12.0 Å². The van der Waals surface area contributed by atoms with Crippen molar-refractivity contribution in [2.24, 2.45) is 7.05 Å². The molecule has 12 heavy (non-hydrogen) atoms. The highest BCUT2D eigenvalue weighted by Crippen LogP contribution is 2.20. The molecule has 1 aromatic heterocycles. The summed E-state index contributed by atoms with van der Waals surface area (Å²) < 4.78 is 1.45. The van der Waals surface area contributed by atoms with Crippen molar-refractivity contribution in [2.45, 2.75) is 18.9 Å². The molecule has 1 rings (SSSR count). The lowest BCUT2D eigenvalue weighted by atomic mass is 10.00. The first-order valence-corrected chi connectivity index (χ1v) is 3.59. The van der Waals surface area contributed by atoms with E-state index in [1.807, 2.05) is 0 Å². The van der Waals surface area contributed by atoms with E-state index >= 15 is 0 Å². The van der Waals surface area contributed by atoms with Crippen LogP contribution in [0.5, 0.6) is 0 Å². The molecule has 1 atom stereocenters. The number of rotatable bonds is 3. The Morgan fingerprint density at radius 3 is 2.92 bits per heavy atom. The topological polar surface area (TPSA) is 68.0 Å². The highest BCUT2D eigenvalue weighted by atomic mass is 16.3. The van der Waals surface area contributed by atoms with Gasteiger partial charge >= 0.3 is 0 Å². The van der Waals surface area contributed by atoms with Gasteiger partial charge in [-0.05, 0) is 6.92 Å². The molecule has 0 aliphatic rings. The summed E-state index contributed by atoms with van der Waals surface area (Å²) in [6, 6.07) is 0. The average Bonchev–Trinajstić information content (AvgIpc) is 2.35. The van der Waals surface area contributed by atoms with E-state index in [9.17, 15) is 9.90 Å². The Balaban J connectivity index is 2.96. The number of aldehydes is 1. The van der Waals surface area contributed by atoms with Gasteiger partial charge in [-0.1, -0.05) is 5.21 Å². The van der Waals surface area contributed by atoms with E-state index in [-0.39, 0.29) is 6.42 Å². The van der Waals surface area contributed by atoms with Gasteiger partial charge in [0.25, 0.3) is 0 Å². The van der Waals surface area contributed by atoms with Gasteiger partial charge in [-0.25, -0.2) is 4.68 Å². The summed E-state index contributed by atoms with van der Waals surface area (Å²) in [5.74, 6) is 0.